The van der Waals surface area contributed by atoms with E-state index in [0.717, 1.165) is 39.7 Å². The summed E-state index contributed by atoms with van der Waals surface area (Å²) in [5.41, 5.74) is 5.47. The summed E-state index contributed by atoms with van der Waals surface area (Å²) in [5.74, 6) is 2.64. The fraction of sp³-hybridized carbons (Fsp3) is 0.417. The third-order valence-corrected chi connectivity index (χ3v) is 5.67. The average molecular weight is 376 g/mol. The molecule has 0 spiro atoms. The first-order valence-corrected chi connectivity index (χ1v) is 10.4. The number of aryl methyl sites for hydroxylation is 2. The molecule has 4 heteroatoms. The van der Waals surface area contributed by atoms with Crippen molar-refractivity contribution in [1.82, 2.24) is 15.0 Å². The summed E-state index contributed by atoms with van der Waals surface area (Å²) in [7, 11) is 0. The van der Waals surface area contributed by atoms with E-state index in [9.17, 15) is 0 Å². The van der Waals surface area contributed by atoms with E-state index in [1.807, 2.05) is 31.5 Å². The molecule has 2 heterocycles. The van der Waals surface area contributed by atoms with Crippen LogP contribution >= 0.6 is 0 Å². The molecule has 1 aliphatic rings. The van der Waals surface area contributed by atoms with Crippen LogP contribution in [-0.2, 0) is 6.61 Å². The van der Waals surface area contributed by atoms with Gasteiger partial charge in [-0.1, -0.05) is 31.7 Å². The summed E-state index contributed by atoms with van der Waals surface area (Å²) in [6.07, 6.45) is 11.7. The summed E-state index contributed by atoms with van der Waals surface area (Å²) < 4.78 is 5.98. The van der Waals surface area contributed by atoms with Gasteiger partial charge in [-0.25, -0.2) is 4.98 Å². The minimum Gasteiger partial charge on any atom is -0.487 e. The summed E-state index contributed by atoms with van der Waals surface area (Å²) in [6, 6.07) is 10.4. The third-order valence-electron chi connectivity index (χ3n) is 5.67. The lowest BCUT2D eigenvalue weighted by Crippen LogP contribution is -2.00. The van der Waals surface area contributed by atoms with E-state index >= 15 is 0 Å². The maximum Gasteiger partial charge on any atom is 0.130 e. The zero-order valence-electron chi connectivity index (χ0n) is 16.9. The predicted molar refractivity (Wildman–Crippen MR) is 113 cm³/mol. The highest BCUT2D eigenvalue weighted by atomic mass is 16.5. The van der Waals surface area contributed by atoms with Crippen LogP contribution in [0.15, 0.2) is 42.7 Å². The molecule has 1 fully saturated rings. The number of aromatic nitrogens is 3. The molecule has 1 aliphatic carbocycles. The molecule has 4 nitrogen and oxygen atoms in total. The Hall–Kier alpha value is -2.62. The summed E-state index contributed by atoms with van der Waals surface area (Å²) in [6.45, 7) is 4.61. The molecule has 0 amide bonds. The van der Waals surface area contributed by atoms with Crippen molar-refractivity contribution in [2.45, 2.75) is 64.9 Å². The Kier molecular flexibility index (Phi) is 5.75. The largest absolute Gasteiger partial charge is 0.487 e. The molecule has 28 heavy (non-hydrogen) atoms. The minimum absolute atomic E-state index is 0.482. The molecule has 146 valence electrons. The van der Waals surface area contributed by atoms with E-state index in [1.54, 1.807) is 0 Å². The first-order chi connectivity index (χ1) is 13.7. The van der Waals surface area contributed by atoms with Crippen LogP contribution in [0, 0.1) is 13.8 Å². The Bertz CT molecular complexity index is 906. The number of pyridine rings is 1. The number of ether oxygens (including phenoxy) is 1. The van der Waals surface area contributed by atoms with Crippen LogP contribution in [0.2, 0.25) is 0 Å². The zero-order chi connectivity index (χ0) is 19.3. The average Bonchev–Trinajstić information content (AvgIpc) is 3.04. The summed E-state index contributed by atoms with van der Waals surface area (Å²) in [4.78, 5) is 12.7. The van der Waals surface area contributed by atoms with Crippen LogP contribution in [0.4, 0.5) is 0 Å². The van der Waals surface area contributed by atoms with Crippen LogP contribution in [0.25, 0.3) is 11.3 Å². The van der Waals surface area contributed by atoms with Gasteiger partial charge in [-0.15, -0.1) is 0 Å². The number of nitrogens with zero attached hydrogens (tertiary/aromatic N) is 2. The Morgan fingerprint density at radius 3 is 2.50 bits per heavy atom. The molecule has 1 N–H and O–H groups in total. The Morgan fingerprint density at radius 1 is 0.964 bits per heavy atom. The molecular weight excluding hydrogens is 346 g/mol. The van der Waals surface area contributed by atoms with Crippen LogP contribution in [-0.4, -0.2) is 15.0 Å². The number of rotatable bonds is 5. The highest BCUT2D eigenvalue weighted by molar-refractivity contribution is 5.61. The van der Waals surface area contributed by atoms with E-state index in [2.05, 4.69) is 35.1 Å². The molecule has 0 radical (unpaired) electrons. The standard InChI is InChI=1S/C24H29N3O/c1-17-9-11-21(25-14-17)16-28-23-12-10-20(13-18(23)2)22-15-26-24(27-22)19-7-5-3-4-6-8-19/h9-15,19H,3-8,16H2,1-2H3,(H,26,27). The van der Waals surface area contributed by atoms with Gasteiger partial charge in [0.25, 0.3) is 0 Å². The number of imidazole rings is 1. The second kappa shape index (κ2) is 8.59. The Labute approximate surface area is 167 Å². The molecule has 0 unspecified atom stereocenters. The lowest BCUT2D eigenvalue weighted by molar-refractivity contribution is 0.299. The van der Waals surface area contributed by atoms with E-state index in [4.69, 9.17) is 9.72 Å². The van der Waals surface area contributed by atoms with Gasteiger partial charge >= 0.3 is 0 Å². The Morgan fingerprint density at radius 2 is 1.79 bits per heavy atom. The molecule has 0 bridgehead atoms. The molecule has 0 aliphatic heterocycles. The number of benzene rings is 1. The maximum absolute atomic E-state index is 5.98. The fourth-order valence-corrected chi connectivity index (χ4v) is 3.96. The number of aromatic amines is 1. The lowest BCUT2D eigenvalue weighted by atomic mass is 10.00. The van der Waals surface area contributed by atoms with Gasteiger partial charge in [0.15, 0.2) is 0 Å². The van der Waals surface area contributed by atoms with Crippen molar-refractivity contribution in [2.75, 3.05) is 0 Å². The number of hydrogen-bond acceptors (Lipinski definition) is 3. The zero-order valence-corrected chi connectivity index (χ0v) is 16.9. The first kappa shape index (κ1) is 18.7. The molecule has 1 saturated carbocycles. The van der Waals surface area contributed by atoms with Crippen molar-refractivity contribution in [1.29, 1.82) is 0 Å². The molecule has 0 saturated heterocycles. The highest BCUT2D eigenvalue weighted by Crippen LogP contribution is 2.32. The van der Waals surface area contributed by atoms with Gasteiger partial charge < -0.3 is 9.72 Å². The van der Waals surface area contributed by atoms with Gasteiger partial charge in [-0.2, -0.15) is 0 Å². The van der Waals surface area contributed by atoms with Crippen molar-refractivity contribution >= 4 is 0 Å². The lowest BCUT2D eigenvalue weighted by Gasteiger charge is -2.11. The summed E-state index contributed by atoms with van der Waals surface area (Å²) >= 11 is 0. The second-order valence-corrected chi connectivity index (χ2v) is 7.97. The number of H-pyrrole nitrogens is 1. The van der Waals surface area contributed by atoms with Crippen molar-refractivity contribution in [3.05, 3.63) is 65.4 Å². The van der Waals surface area contributed by atoms with E-state index in [0.29, 0.717) is 12.5 Å². The van der Waals surface area contributed by atoms with Gasteiger partial charge in [0.2, 0.25) is 0 Å². The van der Waals surface area contributed by atoms with Crippen LogP contribution in [0.3, 0.4) is 0 Å². The summed E-state index contributed by atoms with van der Waals surface area (Å²) in [5, 5.41) is 0. The molecule has 2 aromatic heterocycles. The van der Waals surface area contributed by atoms with Gasteiger partial charge in [-0.05, 0) is 62.1 Å². The van der Waals surface area contributed by atoms with Gasteiger partial charge in [0.1, 0.15) is 18.2 Å². The predicted octanol–water partition coefficient (Wildman–Crippen LogP) is 6.11. The third kappa shape index (κ3) is 4.44. The van der Waals surface area contributed by atoms with Gasteiger partial charge in [0, 0.05) is 17.7 Å². The van der Waals surface area contributed by atoms with Crippen LogP contribution < -0.4 is 4.74 Å². The molecule has 4 rings (SSSR count). The van der Waals surface area contributed by atoms with E-state index in [1.165, 1.54) is 38.5 Å². The fourth-order valence-electron chi connectivity index (χ4n) is 3.96. The SMILES string of the molecule is Cc1ccc(COc2ccc(-c3cnc(C4CCCCCC4)[nH]3)cc2C)nc1. The van der Waals surface area contributed by atoms with Crippen LogP contribution in [0.5, 0.6) is 5.75 Å². The topological polar surface area (TPSA) is 50.8 Å². The van der Waals surface area contributed by atoms with E-state index in [-0.39, 0.29) is 0 Å². The normalized spacial score (nSPS) is 15.4. The molecule has 0 atom stereocenters. The molecule has 1 aromatic carbocycles. The van der Waals surface area contributed by atoms with Crippen LogP contribution in [0.1, 0.15) is 67.1 Å². The van der Waals surface area contributed by atoms with Crippen molar-refractivity contribution < 1.29 is 4.74 Å². The number of hydrogen-bond donors (Lipinski definition) is 1. The van der Waals surface area contributed by atoms with Crippen molar-refractivity contribution in [3.8, 4) is 17.0 Å². The maximum atomic E-state index is 5.98. The van der Waals surface area contributed by atoms with Gasteiger partial charge in [-0.3, -0.25) is 4.98 Å². The highest BCUT2D eigenvalue weighted by Gasteiger charge is 2.17. The van der Waals surface area contributed by atoms with Gasteiger partial charge in [0.05, 0.1) is 17.6 Å². The van der Waals surface area contributed by atoms with E-state index < -0.39 is 0 Å². The Balaban J connectivity index is 1.44. The monoisotopic (exact) mass is 375 g/mol. The van der Waals surface area contributed by atoms with Crippen molar-refractivity contribution in [3.63, 3.8) is 0 Å². The quantitative estimate of drug-likeness (QED) is 0.548. The second-order valence-electron chi connectivity index (χ2n) is 7.97. The molecular formula is C24H29N3O. The smallest absolute Gasteiger partial charge is 0.130 e. The number of nitrogens with one attached hydrogen (secondary N) is 1. The molecule has 3 aromatic rings. The minimum atomic E-state index is 0.482. The first-order valence-electron chi connectivity index (χ1n) is 10.4. The van der Waals surface area contributed by atoms with Crippen molar-refractivity contribution in [2.24, 2.45) is 0 Å².